The van der Waals surface area contributed by atoms with Crippen molar-refractivity contribution < 1.29 is 14.3 Å². The van der Waals surface area contributed by atoms with Crippen molar-refractivity contribution >= 4 is 11.7 Å². The molecule has 2 aliphatic rings. The number of rotatable bonds is 4. The summed E-state index contributed by atoms with van der Waals surface area (Å²) >= 11 is 0. The van der Waals surface area contributed by atoms with Gasteiger partial charge in [-0.05, 0) is 42.7 Å². The number of hydrogen-bond donors (Lipinski definition) is 1. The van der Waals surface area contributed by atoms with Gasteiger partial charge in [-0.1, -0.05) is 18.9 Å². The van der Waals surface area contributed by atoms with Crippen LogP contribution in [-0.4, -0.2) is 40.9 Å². The van der Waals surface area contributed by atoms with Crippen LogP contribution in [0.5, 0.6) is 11.5 Å². The molecule has 0 radical (unpaired) electrons. The Labute approximate surface area is 152 Å². The first kappa shape index (κ1) is 16.6. The second-order valence-corrected chi connectivity index (χ2v) is 6.55. The number of likely N-dealkylation sites (tertiary alicyclic amines) is 1. The Balaban J connectivity index is 1.36. The fourth-order valence-corrected chi connectivity index (χ4v) is 3.22. The lowest BCUT2D eigenvalue weighted by Crippen LogP contribution is -2.32. The minimum absolute atomic E-state index is 0.0262. The molecule has 26 heavy (non-hydrogen) atoms. The van der Waals surface area contributed by atoms with Crippen molar-refractivity contribution in [1.82, 2.24) is 15.1 Å². The summed E-state index contributed by atoms with van der Waals surface area (Å²) < 4.78 is 10.7. The predicted molar refractivity (Wildman–Crippen MR) is 96.3 cm³/mol. The zero-order valence-corrected chi connectivity index (χ0v) is 14.6. The molecule has 1 saturated heterocycles. The zero-order chi connectivity index (χ0) is 17.8. The van der Waals surface area contributed by atoms with Crippen LogP contribution in [0.4, 0.5) is 5.82 Å². The molecule has 136 valence electrons. The van der Waals surface area contributed by atoms with Crippen molar-refractivity contribution in [2.75, 3.05) is 25.2 Å². The third kappa shape index (κ3) is 3.71. The Bertz CT molecular complexity index is 771. The van der Waals surface area contributed by atoms with Gasteiger partial charge in [-0.2, -0.15) is 0 Å². The number of aromatic nitrogens is 2. The van der Waals surface area contributed by atoms with Crippen LogP contribution in [0.15, 0.2) is 30.3 Å². The maximum atomic E-state index is 12.5. The van der Waals surface area contributed by atoms with Crippen LogP contribution in [0.3, 0.4) is 0 Å². The topological polar surface area (TPSA) is 76.6 Å². The average Bonchev–Trinajstić information content (AvgIpc) is 2.98. The normalized spacial score (nSPS) is 16.2. The lowest BCUT2D eigenvalue weighted by molar-refractivity contribution is 0.0754. The molecule has 0 bridgehead atoms. The zero-order valence-electron chi connectivity index (χ0n) is 14.6. The maximum absolute atomic E-state index is 12.5. The molecule has 0 aliphatic carbocycles. The van der Waals surface area contributed by atoms with Gasteiger partial charge in [0.05, 0.1) is 0 Å². The van der Waals surface area contributed by atoms with Gasteiger partial charge in [-0.15, -0.1) is 10.2 Å². The van der Waals surface area contributed by atoms with Gasteiger partial charge >= 0.3 is 0 Å². The summed E-state index contributed by atoms with van der Waals surface area (Å²) in [6.07, 6.45) is 4.51. The van der Waals surface area contributed by atoms with Crippen molar-refractivity contribution in [2.45, 2.75) is 32.2 Å². The molecule has 7 nitrogen and oxygen atoms in total. The Morgan fingerprint density at radius 1 is 1.00 bits per heavy atom. The van der Waals surface area contributed by atoms with Gasteiger partial charge in [0.25, 0.3) is 5.91 Å². The molecule has 0 spiro atoms. The number of nitrogens with one attached hydrogen (secondary N) is 1. The molecule has 0 unspecified atom stereocenters. The van der Waals surface area contributed by atoms with E-state index in [9.17, 15) is 4.79 Å². The van der Waals surface area contributed by atoms with E-state index in [0.717, 1.165) is 43.0 Å². The number of amides is 1. The van der Waals surface area contributed by atoms with E-state index < -0.39 is 0 Å². The van der Waals surface area contributed by atoms with Crippen LogP contribution < -0.4 is 14.8 Å². The van der Waals surface area contributed by atoms with Crippen molar-refractivity contribution in [3.8, 4) is 11.5 Å². The summed E-state index contributed by atoms with van der Waals surface area (Å²) in [5.74, 6) is 2.13. The van der Waals surface area contributed by atoms with Crippen molar-refractivity contribution in [3.05, 3.63) is 41.6 Å². The third-order valence-electron chi connectivity index (χ3n) is 4.69. The van der Waals surface area contributed by atoms with E-state index in [4.69, 9.17) is 9.47 Å². The van der Waals surface area contributed by atoms with Crippen molar-refractivity contribution in [2.24, 2.45) is 0 Å². The van der Waals surface area contributed by atoms with Gasteiger partial charge in [0.2, 0.25) is 6.79 Å². The van der Waals surface area contributed by atoms with E-state index in [1.807, 2.05) is 23.1 Å². The molecule has 1 aromatic carbocycles. The maximum Gasteiger partial charge on any atom is 0.274 e. The summed E-state index contributed by atoms with van der Waals surface area (Å²) in [5.41, 5.74) is 1.46. The largest absolute Gasteiger partial charge is 0.454 e. The lowest BCUT2D eigenvalue weighted by Gasteiger charge is -2.19. The van der Waals surface area contributed by atoms with E-state index >= 15 is 0 Å². The molecule has 4 rings (SSSR count). The molecule has 2 aliphatic heterocycles. The summed E-state index contributed by atoms with van der Waals surface area (Å²) in [6.45, 7) is 2.48. The number of fused-ring (bicyclic) bond motifs is 1. The first-order valence-corrected chi connectivity index (χ1v) is 9.05. The SMILES string of the molecule is O=C(c1ccc(NCc2ccc3c(c2)OCO3)nn1)N1CCCCCC1. The van der Waals surface area contributed by atoms with Gasteiger partial charge in [0.15, 0.2) is 17.2 Å². The van der Waals surface area contributed by atoms with Crippen LogP contribution in [0.2, 0.25) is 0 Å². The lowest BCUT2D eigenvalue weighted by atomic mass is 10.2. The van der Waals surface area contributed by atoms with Crippen LogP contribution in [0.1, 0.15) is 41.7 Å². The fraction of sp³-hybridized carbons (Fsp3) is 0.421. The van der Waals surface area contributed by atoms with E-state index in [-0.39, 0.29) is 12.7 Å². The molecule has 1 fully saturated rings. The highest BCUT2D eigenvalue weighted by molar-refractivity contribution is 5.92. The number of nitrogens with zero attached hydrogens (tertiary/aromatic N) is 3. The molecule has 0 atom stereocenters. The smallest absolute Gasteiger partial charge is 0.274 e. The Morgan fingerprint density at radius 3 is 2.58 bits per heavy atom. The monoisotopic (exact) mass is 354 g/mol. The van der Waals surface area contributed by atoms with E-state index in [2.05, 4.69) is 15.5 Å². The quantitative estimate of drug-likeness (QED) is 0.910. The Morgan fingerprint density at radius 2 is 1.81 bits per heavy atom. The average molecular weight is 354 g/mol. The number of hydrogen-bond acceptors (Lipinski definition) is 6. The first-order valence-electron chi connectivity index (χ1n) is 9.05. The summed E-state index contributed by atoms with van der Waals surface area (Å²) in [7, 11) is 0. The van der Waals surface area contributed by atoms with Gasteiger partial charge in [0, 0.05) is 19.6 Å². The second kappa shape index (κ2) is 7.59. The Hall–Kier alpha value is -2.83. The minimum atomic E-state index is -0.0262. The van der Waals surface area contributed by atoms with Crippen molar-refractivity contribution in [1.29, 1.82) is 0 Å². The number of anilines is 1. The molecule has 1 N–H and O–H groups in total. The number of carbonyl (C=O) groups excluding carboxylic acids is 1. The number of carbonyl (C=O) groups is 1. The highest BCUT2D eigenvalue weighted by Crippen LogP contribution is 2.32. The van der Waals surface area contributed by atoms with Crippen LogP contribution in [-0.2, 0) is 6.54 Å². The van der Waals surface area contributed by atoms with E-state index in [1.165, 1.54) is 12.8 Å². The third-order valence-corrected chi connectivity index (χ3v) is 4.69. The van der Waals surface area contributed by atoms with Gasteiger partial charge in [-0.3, -0.25) is 4.79 Å². The highest BCUT2D eigenvalue weighted by atomic mass is 16.7. The number of ether oxygens (including phenoxy) is 2. The summed E-state index contributed by atoms with van der Waals surface area (Å²) in [6, 6.07) is 9.35. The second-order valence-electron chi connectivity index (χ2n) is 6.55. The van der Waals surface area contributed by atoms with Gasteiger partial charge in [0.1, 0.15) is 5.82 Å². The Kier molecular flexibility index (Phi) is 4.86. The molecular weight excluding hydrogens is 332 g/mol. The van der Waals surface area contributed by atoms with E-state index in [0.29, 0.717) is 18.1 Å². The minimum Gasteiger partial charge on any atom is -0.454 e. The van der Waals surface area contributed by atoms with E-state index in [1.54, 1.807) is 12.1 Å². The van der Waals surface area contributed by atoms with Crippen LogP contribution >= 0.6 is 0 Å². The van der Waals surface area contributed by atoms with Crippen LogP contribution in [0.25, 0.3) is 0 Å². The molecule has 1 amide bonds. The van der Waals surface area contributed by atoms with Gasteiger partial charge in [-0.25, -0.2) is 0 Å². The molecule has 2 aromatic rings. The predicted octanol–water partition coefficient (Wildman–Crippen LogP) is 2.83. The number of benzene rings is 1. The molecular formula is C19H22N4O3. The van der Waals surface area contributed by atoms with Crippen molar-refractivity contribution in [3.63, 3.8) is 0 Å². The summed E-state index contributed by atoms with van der Waals surface area (Å²) in [5, 5.41) is 11.5. The molecule has 1 aromatic heterocycles. The summed E-state index contributed by atoms with van der Waals surface area (Å²) in [4.78, 5) is 14.4. The van der Waals surface area contributed by atoms with Crippen LogP contribution in [0, 0.1) is 0 Å². The molecule has 0 saturated carbocycles. The molecule has 7 heteroatoms. The molecule has 3 heterocycles. The highest BCUT2D eigenvalue weighted by Gasteiger charge is 2.19. The standard InChI is InChI=1S/C19H22N4O3/c24-19(23-9-3-1-2-4-10-23)15-6-8-18(22-21-15)20-12-14-5-7-16-17(11-14)26-13-25-16/h5-8,11H,1-4,9-10,12-13H2,(H,20,22). The fourth-order valence-electron chi connectivity index (χ4n) is 3.22. The first-order chi connectivity index (χ1) is 12.8. The van der Waals surface area contributed by atoms with Gasteiger partial charge < -0.3 is 19.7 Å².